The van der Waals surface area contributed by atoms with Crippen LogP contribution in [0.1, 0.15) is 47.4 Å². The average Bonchev–Trinajstić information content (AvgIpc) is 2.94. The monoisotopic (exact) mass is 572 g/mol. The number of carbonyl (C=O) groups excluding carboxylic acids is 1. The molecule has 1 aliphatic carbocycles. The van der Waals surface area contributed by atoms with Gasteiger partial charge in [0.25, 0.3) is 5.69 Å². The van der Waals surface area contributed by atoms with E-state index in [2.05, 4.69) is 6.07 Å². The minimum Gasteiger partial charge on any atom is -0.384 e. The summed E-state index contributed by atoms with van der Waals surface area (Å²) in [5.41, 5.74) is 10.6. The number of rotatable bonds is 6. The molecule has 2 aliphatic rings. The van der Waals surface area contributed by atoms with Crippen LogP contribution in [0.15, 0.2) is 82.2 Å². The van der Waals surface area contributed by atoms with Crippen LogP contribution in [0.5, 0.6) is 0 Å². The Morgan fingerprint density at radius 1 is 1.10 bits per heavy atom. The number of carbonyl (C=O) groups is 1. The van der Waals surface area contributed by atoms with Gasteiger partial charge in [0, 0.05) is 28.3 Å². The van der Waals surface area contributed by atoms with Crippen LogP contribution in [-0.4, -0.2) is 10.7 Å². The average molecular weight is 573 g/mol. The number of Topliss-reactive ketones (excluding diaryl/α,β-unsaturated/α-hetero) is 1. The molecule has 1 heterocycles. The molecule has 5 rings (SSSR count). The molecule has 0 bridgehead atoms. The smallest absolute Gasteiger partial charge is 0.296 e. The van der Waals surface area contributed by atoms with Crippen molar-refractivity contribution in [3.8, 4) is 6.07 Å². The molecule has 0 saturated carbocycles. The number of anilines is 1. The van der Waals surface area contributed by atoms with Gasteiger partial charge in [-0.25, -0.2) is 8.78 Å². The zero-order valence-electron chi connectivity index (χ0n) is 22.4. The molecule has 0 saturated heterocycles. The summed E-state index contributed by atoms with van der Waals surface area (Å²) in [4.78, 5) is 27.0. The van der Waals surface area contributed by atoms with Crippen molar-refractivity contribution in [3.63, 3.8) is 0 Å². The molecular weight excluding hydrogens is 546 g/mol. The van der Waals surface area contributed by atoms with Crippen molar-refractivity contribution in [2.75, 3.05) is 4.90 Å². The van der Waals surface area contributed by atoms with Gasteiger partial charge < -0.3 is 5.73 Å². The molecule has 10 heteroatoms. The number of nitrogens with zero attached hydrogens (tertiary/aromatic N) is 3. The summed E-state index contributed by atoms with van der Waals surface area (Å²) in [6.07, 6.45) is 1.19. The van der Waals surface area contributed by atoms with E-state index in [-0.39, 0.29) is 35.1 Å². The summed E-state index contributed by atoms with van der Waals surface area (Å²) >= 11 is 1.54. The Bertz CT molecular complexity index is 1690. The van der Waals surface area contributed by atoms with Gasteiger partial charge in [-0.3, -0.25) is 19.8 Å². The van der Waals surface area contributed by atoms with Gasteiger partial charge in [-0.05, 0) is 79.8 Å². The van der Waals surface area contributed by atoms with Crippen molar-refractivity contribution in [1.82, 2.24) is 0 Å². The van der Waals surface area contributed by atoms with E-state index >= 15 is 0 Å². The molecule has 7 nitrogen and oxygen atoms in total. The van der Waals surface area contributed by atoms with Crippen molar-refractivity contribution in [1.29, 1.82) is 5.26 Å². The second kappa shape index (κ2) is 11.2. The lowest BCUT2D eigenvalue weighted by molar-refractivity contribution is -0.384. The van der Waals surface area contributed by atoms with Gasteiger partial charge in [-0.1, -0.05) is 17.7 Å². The number of benzene rings is 3. The van der Waals surface area contributed by atoms with Gasteiger partial charge in [0.1, 0.15) is 23.1 Å². The Balaban J connectivity index is 1.66. The molecule has 3 aromatic carbocycles. The maximum Gasteiger partial charge on any atom is 0.296 e. The van der Waals surface area contributed by atoms with Crippen molar-refractivity contribution < 1.29 is 18.5 Å². The van der Waals surface area contributed by atoms with E-state index in [0.717, 1.165) is 39.3 Å². The summed E-state index contributed by atoms with van der Waals surface area (Å²) < 4.78 is 27.4. The third-order valence-corrected chi connectivity index (χ3v) is 8.57. The molecule has 0 aromatic heterocycles. The Hall–Kier alpha value is -4.49. The lowest BCUT2D eigenvalue weighted by atomic mass is 9.73. The van der Waals surface area contributed by atoms with Crippen LogP contribution in [-0.2, 0) is 10.5 Å². The molecule has 0 radical (unpaired) electrons. The van der Waals surface area contributed by atoms with Crippen molar-refractivity contribution >= 4 is 28.9 Å². The number of halogens is 2. The number of nitriles is 1. The number of allylic oxidation sites excluding steroid dienone is 3. The molecule has 2 N–H and O–H groups in total. The highest BCUT2D eigenvalue weighted by Gasteiger charge is 2.42. The number of ketones is 1. The molecule has 1 atom stereocenters. The second-order valence-corrected chi connectivity index (χ2v) is 11.1. The van der Waals surface area contributed by atoms with E-state index in [0.29, 0.717) is 29.9 Å². The summed E-state index contributed by atoms with van der Waals surface area (Å²) in [7, 11) is 0. The van der Waals surface area contributed by atoms with E-state index in [4.69, 9.17) is 5.73 Å². The maximum absolute atomic E-state index is 14.0. The standard InChI is InChI=1S/C31H26F2N4O3S/c1-17-12-19(16-41-22-9-6-20(32)7-10-22)18(2)23(13-17)29-24(15-34)31(35)36(26-4-3-5-28(38)30(26)29)25-11-8-21(33)14-27(25)37(39)40/h6-14,29H,3-5,16,35H2,1-2H3. The van der Waals surface area contributed by atoms with Gasteiger partial charge in [0.15, 0.2) is 5.78 Å². The summed E-state index contributed by atoms with van der Waals surface area (Å²) in [6.45, 7) is 3.87. The van der Waals surface area contributed by atoms with Crippen LogP contribution in [0.4, 0.5) is 20.2 Å². The fourth-order valence-electron chi connectivity index (χ4n) is 5.61. The molecule has 208 valence electrons. The Morgan fingerprint density at radius 3 is 2.49 bits per heavy atom. The van der Waals surface area contributed by atoms with Crippen LogP contribution in [0, 0.1) is 46.9 Å². The Morgan fingerprint density at radius 2 is 1.80 bits per heavy atom. The minimum absolute atomic E-state index is 0.000323. The highest BCUT2D eigenvalue weighted by atomic mass is 32.2. The van der Waals surface area contributed by atoms with Gasteiger partial charge in [-0.2, -0.15) is 5.26 Å². The number of nitrogens with two attached hydrogens (primary N) is 1. The molecular formula is C31H26F2N4O3S. The van der Waals surface area contributed by atoms with Gasteiger partial charge in [0.05, 0.1) is 28.5 Å². The summed E-state index contributed by atoms with van der Waals surface area (Å²) in [6, 6.07) is 15.6. The number of nitro groups is 1. The summed E-state index contributed by atoms with van der Waals surface area (Å²) in [5.74, 6) is -1.46. The van der Waals surface area contributed by atoms with E-state index in [1.54, 1.807) is 23.9 Å². The second-order valence-electron chi connectivity index (χ2n) is 10.1. The molecule has 0 spiro atoms. The van der Waals surface area contributed by atoms with Gasteiger partial charge in [0.2, 0.25) is 0 Å². The van der Waals surface area contributed by atoms with E-state index in [9.17, 15) is 29.0 Å². The normalized spacial score (nSPS) is 17.0. The fourth-order valence-corrected chi connectivity index (χ4v) is 6.56. The quantitative estimate of drug-likeness (QED) is 0.191. The molecule has 3 aromatic rings. The van der Waals surface area contributed by atoms with Crippen LogP contribution in [0.3, 0.4) is 0 Å². The highest BCUT2D eigenvalue weighted by Crippen LogP contribution is 2.49. The highest BCUT2D eigenvalue weighted by molar-refractivity contribution is 7.98. The van der Waals surface area contributed by atoms with Crippen LogP contribution >= 0.6 is 11.8 Å². The molecule has 0 amide bonds. The van der Waals surface area contributed by atoms with E-state index in [1.807, 2.05) is 26.0 Å². The number of hydrogen-bond donors (Lipinski definition) is 1. The lowest BCUT2D eigenvalue weighted by Gasteiger charge is -2.39. The first-order valence-electron chi connectivity index (χ1n) is 13.0. The fraction of sp³-hybridized carbons (Fsp3) is 0.226. The van der Waals surface area contributed by atoms with Crippen molar-refractivity contribution in [2.24, 2.45) is 5.73 Å². The Labute approximate surface area is 240 Å². The molecule has 1 unspecified atom stereocenters. The molecule has 1 aliphatic heterocycles. The summed E-state index contributed by atoms with van der Waals surface area (Å²) in [5, 5.41) is 22.3. The van der Waals surface area contributed by atoms with Gasteiger partial charge >= 0.3 is 0 Å². The predicted octanol–water partition coefficient (Wildman–Crippen LogP) is 7.09. The maximum atomic E-state index is 14.0. The third kappa shape index (κ3) is 5.21. The zero-order chi connectivity index (χ0) is 29.4. The van der Waals surface area contributed by atoms with Gasteiger partial charge in [-0.15, -0.1) is 11.8 Å². The first kappa shape index (κ1) is 28.1. The van der Waals surface area contributed by atoms with E-state index < -0.39 is 22.3 Å². The SMILES string of the molecule is Cc1cc(CSc2ccc(F)cc2)c(C)c(C2C(C#N)=C(N)N(c3ccc(F)cc3[N+](=O)[O-])C3=C2C(=O)CCC3)c1. The van der Waals surface area contributed by atoms with E-state index in [1.165, 1.54) is 23.1 Å². The van der Waals surface area contributed by atoms with Crippen LogP contribution in [0.2, 0.25) is 0 Å². The predicted molar refractivity (Wildman–Crippen MR) is 153 cm³/mol. The number of aryl methyl sites for hydroxylation is 1. The van der Waals surface area contributed by atoms with Crippen molar-refractivity contribution in [2.45, 2.75) is 49.7 Å². The first-order valence-corrected chi connectivity index (χ1v) is 14.0. The molecule has 0 fully saturated rings. The largest absolute Gasteiger partial charge is 0.384 e. The first-order chi connectivity index (χ1) is 19.6. The van der Waals surface area contributed by atoms with Crippen LogP contribution < -0.4 is 10.6 Å². The van der Waals surface area contributed by atoms with Crippen LogP contribution in [0.25, 0.3) is 0 Å². The van der Waals surface area contributed by atoms with Crippen molar-refractivity contribution in [3.05, 3.63) is 121 Å². The third-order valence-electron chi connectivity index (χ3n) is 7.51. The minimum atomic E-state index is -0.784. The number of nitro benzene ring substituents is 1. The zero-order valence-corrected chi connectivity index (χ0v) is 23.2. The number of thioether (sulfide) groups is 1. The number of hydrogen-bond acceptors (Lipinski definition) is 7. The lowest BCUT2D eigenvalue weighted by Crippen LogP contribution is -2.39. The topological polar surface area (TPSA) is 113 Å². The Kier molecular flexibility index (Phi) is 7.65. The molecule has 41 heavy (non-hydrogen) atoms.